The van der Waals surface area contributed by atoms with Crippen LogP contribution in [0.3, 0.4) is 0 Å². The Morgan fingerprint density at radius 3 is 2.62 bits per heavy atom. The number of hydrogen-bond donors (Lipinski definition) is 2. The molecule has 1 atom stereocenters. The van der Waals surface area contributed by atoms with Gasteiger partial charge in [-0.15, -0.1) is 0 Å². The van der Waals surface area contributed by atoms with Crippen molar-refractivity contribution >= 4 is 21.8 Å². The van der Waals surface area contributed by atoms with Crippen LogP contribution in [0.1, 0.15) is 30.9 Å². The zero-order valence-corrected chi connectivity index (χ0v) is 10.8. The monoisotopic (exact) mass is 285 g/mol. The van der Waals surface area contributed by atoms with Gasteiger partial charge in [-0.2, -0.15) is 0 Å². The molecular formula is C12H16BrNO2. The maximum atomic E-state index is 11.0. The molecule has 1 amide bonds. The van der Waals surface area contributed by atoms with Gasteiger partial charge in [0.1, 0.15) is 0 Å². The first kappa shape index (κ1) is 13.2. The largest absolute Gasteiger partial charge is 0.388 e. The third kappa shape index (κ3) is 4.33. The smallest absolute Gasteiger partial charge is 0.219 e. The van der Waals surface area contributed by atoms with E-state index in [0.29, 0.717) is 19.3 Å². The second-order valence-corrected chi connectivity index (χ2v) is 4.55. The van der Waals surface area contributed by atoms with Gasteiger partial charge in [-0.05, 0) is 30.5 Å². The molecule has 0 spiro atoms. The molecule has 4 heteroatoms. The van der Waals surface area contributed by atoms with Gasteiger partial charge in [0.25, 0.3) is 0 Å². The average molecular weight is 286 g/mol. The van der Waals surface area contributed by atoms with Crippen LogP contribution in [0, 0.1) is 0 Å². The predicted octanol–water partition coefficient (Wildman–Crippen LogP) is 2.40. The quantitative estimate of drug-likeness (QED) is 0.873. The number of carbonyl (C=O) groups excluding carboxylic acids is 1. The van der Waals surface area contributed by atoms with Gasteiger partial charge in [-0.1, -0.05) is 28.1 Å². The molecular weight excluding hydrogens is 270 g/mol. The second kappa shape index (κ2) is 6.66. The van der Waals surface area contributed by atoms with Gasteiger partial charge < -0.3 is 10.4 Å². The maximum absolute atomic E-state index is 11.0. The highest BCUT2D eigenvalue weighted by atomic mass is 79.9. The molecule has 0 saturated heterocycles. The van der Waals surface area contributed by atoms with Crippen LogP contribution in [-0.2, 0) is 4.79 Å². The molecule has 0 aliphatic rings. The SMILES string of the molecule is CNC(=O)CCCC(O)c1ccc(Br)cc1. The van der Waals surface area contributed by atoms with E-state index in [2.05, 4.69) is 21.2 Å². The second-order valence-electron chi connectivity index (χ2n) is 3.63. The number of amides is 1. The number of carbonyl (C=O) groups is 1. The number of hydrogen-bond acceptors (Lipinski definition) is 2. The van der Waals surface area contributed by atoms with Crippen LogP contribution in [0.15, 0.2) is 28.7 Å². The minimum absolute atomic E-state index is 0.0167. The third-order valence-corrected chi connectivity index (χ3v) is 2.94. The Kier molecular flexibility index (Phi) is 5.49. The maximum Gasteiger partial charge on any atom is 0.219 e. The fourth-order valence-electron chi connectivity index (χ4n) is 1.43. The van der Waals surface area contributed by atoms with Crippen molar-refractivity contribution in [1.82, 2.24) is 5.32 Å². The number of aliphatic hydroxyl groups is 1. The lowest BCUT2D eigenvalue weighted by molar-refractivity contribution is -0.120. The summed E-state index contributed by atoms with van der Waals surface area (Å²) in [6, 6.07) is 7.57. The Morgan fingerprint density at radius 1 is 1.44 bits per heavy atom. The molecule has 1 rings (SSSR count). The van der Waals surface area contributed by atoms with Crippen LogP contribution < -0.4 is 5.32 Å². The van der Waals surface area contributed by atoms with E-state index in [-0.39, 0.29) is 5.91 Å². The van der Waals surface area contributed by atoms with E-state index in [0.717, 1.165) is 10.0 Å². The zero-order chi connectivity index (χ0) is 12.0. The van der Waals surface area contributed by atoms with Crippen molar-refractivity contribution in [3.8, 4) is 0 Å². The molecule has 0 aliphatic heterocycles. The molecule has 0 radical (unpaired) electrons. The Labute approximate surface area is 104 Å². The van der Waals surface area contributed by atoms with E-state index >= 15 is 0 Å². The number of rotatable bonds is 5. The topological polar surface area (TPSA) is 49.3 Å². The molecule has 3 nitrogen and oxygen atoms in total. The van der Waals surface area contributed by atoms with E-state index in [1.165, 1.54) is 0 Å². The normalized spacial score (nSPS) is 12.2. The summed E-state index contributed by atoms with van der Waals surface area (Å²) < 4.78 is 0.994. The van der Waals surface area contributed by atoms with Gasteiger partial charge in [0, 0.05) is 17.9 Å². The Bertz CT molecular complexity index is 337. The summed E-state index contributed by atoms with van der Waals surface area (Å²) in [6.07, 6.45) is 1.27. The minimum Gasteiger partial charge on any atom is -0.388 e. The van der Waals surface area contributed by atoms with Crippen LogP contribution in [-0.4, -0.2) is 18.1 Å². The van der Waals surface area contributed by atoms with Crippen molar-refractivity contribution in [3.05, 3.63) is 34.3 Å². The molecule has 0 bridgehead atoms. The summed E-state index contributed by atoms with van der Waals surface area (Å²) in [7, 11) is 1.62. The molecule has 1 aromatic rings. The van der Waals surface area contributed by atoms with Crippen molar-refractivity contribution in [2.45, 2.75) is 25.4 Å². The van der Waals surface area contributed by atoms with Gasteiger partial charge in [-0.3, -0.25) is 4.79 Å². The molecule has 1 aromatic carbocycles. The summed E-state index contributed by atoms with van der Waals surface area (Å²) in [6.45, 7) is 0. The Morgan fingerprint density at radius 2 is 2.06 bits per heavy atom. The van der Waals surface area contributed by atoms with Crippen molar-refractivity contribution in [1.29, 1.82) is 0 Å². The fraction of sp³-hybridized carbons (Fsp3) is 0.417. The molecule has 0 saturated carbocycles. The van der Waals surface area contributed by atoms with Crippen LogP contribution in [0.25, 0.3) is 0 Å². The number of nitrogens with one attached hydrogen (secondary N) is 1. The van der Waals surface area contributed by atoms with Crippen molar-refractivity contribution in [3.63, 3.8) is 0 Å². The molecule has 0 aromatic heterocycles. The van der Waals surface area contributed by atoms with E-state index in [1.807, 2.05) is 24.3 Å². The lowest BCUT2D eigenvalue weighted by Gasteiger charge is -2.10. The molecule has 0 aliphatic carbocycles. The molecule has 0 fully saturated rings. The van der Waals surface area contributed by atoms with Crippen LogP contribution in [0.4, 0.5) is 0 Å². The van der Waals surface area contributed by atoms with Crippen molar-refractivity contribution < 1.29 is 9.90 Å². The first-order valence-corrected chi connectivity index (χ1v) is 6.07. The molecule has 0 heterocycles. The highest BCUT2D eigenvalue weighted by Gasteiger charge is 2.08. The fourth-order valence-corrected chi connectivity index (χ4v) is 1.70. The summed E-state index contributed by atoms with van der Waals surface area (Å²) in [5, 5.41) is 12.4. The van der Waals surface area contributed by atoms with Crippen LogP contribution >= 0.6 is 15.9 Å². The van der Waals surface area contributed by atoms with Gasteiger partial charge in [0.05, 0.1) is 6.10 Å². The summed E-state index contributed by atoms with van der Waals surface area (Å²) in [5.41, 5.74) is 0.889. The average Bonchev–Trinajstić information content (AvgIpc) is 2.29. The van der Waals surface area contributed by atoms with Gasteiger partial charge in [0.2, 0.25) is 5.91 Å². The zero-order valence-electron chi connectivity index (χ0n) is 9.24. The lowest BCUT2D eigenvalue weighted by atomic mass is 10.0. The van der Waals surface area contributed by atoms with Crippen LogP contribution in [0.2, 0.25) is 0 Å². The van der Waals surface area contributed by atoms with Gasteiger partial charge in [-0.25, -0.2) is 0 Å². The summed E-state index contributed by atoms with van der Waals surface area (Å²) >= 11 is 3.34. The van der Waals surface area contributed by atoms with Gasteiger partial charge in [0.15, 0.2) is 0 Å². The van der Waals surface area contributed by atoms with Gasteiger partial charge >= 0.3 is 0 Å². The minimum atomic E-state index is -0.488. The van der Waals surface area contributed by atoms with E-state index in [9.17, 15) is 9.90 Å². The molecule has 1 unspecified atom stereocenters. The van der Waals surface area contributed by atoms with Crippen molar-refractivity contribution in [2.75, 3.05) is 7.05 Å². The third-order valence-electron chi connectivity index (χ3n) is 2.42. The van der Waals surface area contributed by atoms with Crippen molar-refractivity contribution in [2.24, 2.45) is 0 Å². The highest BCUT2D eigenvalue weighted by Crippen LogP contribution is 2.21. The van der Waals surface area contributed by atoms with E-state index < -0.39 is 6.10 Å². The summed E-state index contributed by atoms with van der Waals surface area (Å²) in [5.74, 6) is 0.0167. The standard InChI is InChI=1S/C12H16BrNO2/c1-14-12(16)4-2-3-11(15)9-5-7-10(13)8-6-9/h5-8,11,15H,2-4H2,1H3,(H,14,16). The molecule has 88 valence electrons. The predicted molar refractivity (Wildman–Crippen MR) is 67.0 cm³/mol. The highest BCUT2D eigenvalue weighted by molar-refractivity contribution is 9.10. The molecule has 2 N–H and O–H groups in total. The first-order chi connectivity index (χ1) is 7.63. The first-order valence-electron chi connectivity index (χ1n) is 5.27. The van der Waals surface area contributed by atoms with E-state index in [4.69, 9.17) is 0 Å². The van der Waals surface area contributed by atoms with Crippen LogP contribution in [0.5, 0.6) is 0 Å². The number of benzene rings is 1. The Balaban J connectivity index is 2.37. The number of halogens is 1. The summed E-state index contributed by atoms with van der Waals surface area (Å²) in [4.78, 5) is 11.0. The lowest BCUT2D eigenvalue weighted by Crippen LogP contribution is -2.17. The van der Waals surface area contributed by atoms with E-state index in [1.54, 1.807) is 7.05 Å². The Hall–Kier alpha value is -0.870. The number of aliphatic hydroxyl groups excluding tert-OH is 1. The molecule has 16 heavy (non-hydrogen) atoms.